The lowest BCUT2D eigenvalue weighted by Gasteiger charge is -2.19. The van der Waals surface area contributed by atoms with Crippen LogP contribution in [0, 0.1) is 0 Å². The van der Waals surface area contributed by atoms with Gasteiger partial charge in [-0.15, -0.1) is 0 Å². The van der Waals surface area contributed by atoms with Gasteiger partial charge < -0.3 is 11.1 Å². The number of hydrogen-bond acceptors (Lipinski definition) is 2. The molecule has 0 bridgehead atoms. The van der Waals surface area contributed by atoms with Crippen LogP contribution in [0.4, 0.5) is 0 Å². The summed E-state index contributed by atoms with van der Waals surface area (Å²) in [6.45, 7) is 0.663. The van der Waals surface area contributed by atoms with Gasteiger partial charge in [0.1, 0.15) is 6.04 Å². The van der Waals surface area contributed by atoms with Crippen LogP contribution >= 0.6 is 0 Å². The Hall–Kier alpha value is -2.13. The Morgan fingerprint density at radius 3 is 2.19 bits per heavy atom. The first-order valence-electron chi connectivity index (χ1n) is 7.35. The molecule has 0 aliphatic heterocycles. The highest BCUT2D eigenvalue weighted by Crippen LogP contribution is 2.47. The molecule has 3 heteroatoms. The number of hydrogen-bond donors (Lipinski definition) is 2. The molecule has 3 N–H and O–H groups in total. The molecule has 0 aromatic heterocycles. The smallest absolute Gasteiger partial charge is 0.241 e. The summed E-state index contributed by atoms with van der Waals surface area (Å²) < 4.78 is 0. The zero-order chi connectivity index (χ0) is 14.7. The first-order valence-corrected chi connectivity index (χ1v) is 7.35. The predicted octanol–water partition coefficient (Wildman–Crippen LogP) is 2.53. The van der Waals surface area contributed by atoms with Crippen LogP contribution in [-0.4, -0.2) is 12.5 Å². The Labute approximate surface area is 125 Å². The molecule has 2 aromatic carbocycles. The van der Waals surface area contributed by atoms with Gasteiger partial charge in [-0.2, -0.15) is 0 Å². The minimum Gasteiger partial charge on any atom is -0.354 e. The average Bonchev–Trinajstić information content (AvgIpc) is 3.35. The van der Waals surface area contributed by atoms with E-state index in [9.17, 15) is 4.79 Å². The zero-order valence-corrected chi connectivity index (χ0v) is 12.0. The first kappa shape index (κ1) is 13.8. The molecular formula is C18H20N2O. The van der Waals surface area contributed by atoms with Gasteiger partial charge >= 0.3 is 0 Å². The van der Waals surface area contributed by atoms with Crippen molar-refractivity contribution in [2.45, 2.75) is 24.3 Å². The summed E-state index contributed by atoms with van der Waals surface area (Å²) in [6, 6.07) is 19.3. The van der Waals surface area contributed by atoms with Gasteiger partial charge in [-0.3, -0.25) is 4.79 Å². The molecule has 2 aromatic rings. The molecule has 0 radical (unpaired) electrons. The minimum atomic E-state index is -0.599. The maximum Gasteiger partial charge on any atom is 0.241 e. The zero-order valence-electron chi connectivity index (χ0n) is 12.0. The van der Waals surface area contributed by atoms with Gasteiger partial charge in [0.15, 0.2) is 0 Å². The summed E-state index contributed by atoms with van der Waals surface area (Å²) in [7, 11) is 0. The summed E-state index contributed by atoms with van der Waals surface area (Å²) in [6.07, 6.45) is 2.25. The van der Waals surface area contributed by atoms with Gasteiger partial charge in [0, 0.05) is 12.0 Å². The molecule has 1 aliphatic rings. The summed E-state index contributed by atoms with van der Waals surface area (Å²) in [5, 5.41) is 3.02. The molecule has 1 unspecified atom stereocenters. The standard InChI is InChI=1S/C18H20N2O/c19-16(14-7-3-1-4-8-14)17(21)20-13-18(11-12-18)15-9-5-2-6-10-15/h1-10,16H,11-13,19H2,(H,20,21). The number of carbonyl (C=O) groups excluding carboxylic acids is 1. The summed E-state index contributed by atoms with van der Waals surface area (Å²) in [5.74, 6) is -0.108. The van der Waals surface area contributed by atoms with Gasteiger partial charge in [0.2, 0.25) is 5.91 Å². The van der Waals surface area contributed by atoms with Crippen molar-refractivity contribution in [2.24, 2.45) is 5.73 Å². The van der Waals surface area contributed by atoms with E-state index in [1.807, 2.05) is 48.5 Å². The second-order valence-corrected chi connectivity index (χ2v) is 5.75. The van der Waals surface area contributed by atoms with Gasteiger partial charge in [0.05, 0.1) is 0 Å². The number of amides is 1. The van der Waals surface area contributed by atoms with Crippen LogP contribution in [0.25, 0.3) is 0 Å². The molecule has 108 valence electrons. The number of benzene rings is 2. The van der Waals surface area contributed by atoms with Crippen molar-refractivity contribution in [3.8, 4) is 0 Å². The molecule has 21 heavy (non-hydrogen) atoms. The van der Waals surface area contributed by atoms with Crippen molar-refractivity contribution >= 4 is 5.91 Å². The highest BCUT2D eigenvalue weighted by molar-refractivity contribution is 5.83. The van der Waals surface area contributed by atoms with E-state index in [2.05, 4.69) is 17.4 Å². The largest absolute Gasteiger partial charge is 0.354 e. The van der Waals surface area contributed by atoms with E-state index in [4.69, 9.17) is 5.73 Å². The predicted molar refractivity (Wildman–Crippen MR) is 83.7 cm³/mol. The van der Waals surface area contributed by atoms with E-state index in [1.165, 1.54) is 5.56 Å². The molecule has 0 saturated heterocycles. The molecule has 1 atom stereocenters. The van der Waals surface area contributed by atoms with E-state index in [0.29, 0.717) is 6.54 Å². The normalized spacial score (nSPS) is 17.0. The highest BCUT2D eigenvalue weighted by Gasteiger charge is 2.44. The van der Waals surface area contributed by atoms with Crippen LogP contribution in [0.1, 0.15) is 30.0 Å². The van der Waals surface area contributed by atoms with Gasteiger partial charge in [0.25, 0.3) is 0 Å². The Morgan fingerprint density at radius 1 is 1.05 bits per heavy atom. The van der Waals surface area contributed by atoms with Crippen LogP contribution in [0.3, 0.4) is 0 Å². The van der Waals surface area contributed by atoms with Gasteiger partial charge in [-0.1, -0.05) is 60.7 Å². The van der Waals surface area contributed by atoms with E-state index >= 15 is 0 Å². The molecule has 0 heterocycles. The van der Waals surface area contributed by atoms with Crippen LogP contribution in [0.15, 0.2) is 60.7 Å². The number of rotatable bonds is 5. The lowest BCUT2D eigenvalue weighted by atomic mass is 9.96. The van der Waals surface area contributed by atoms with Gasteiger partial charge in [-0.25, -0.2) is 0 Å². The van der Waals surface area contributed by atoms with Crippen molar-refractivity contribution in [3.63, 3.8) is 0 Å². The van der Waals surface area contributed by atoms with Crippen LogP contribution < -0.4 is 11.1 Å². The van der Waals surface area contributed by atoms with Crippen molar-refractivity contribution in [1.82, 2.24) is 5.32 Å². The third kappa shape index (κ3) is 2.98. The molecule has 1 saturated carbocycles. The maximum absolute atomic E-state index is 12.2. The van der Waals surface area contributed by atoms with Crippen LogP contribution in [0.5, 0.6) is 0 Å². The number of carbonyl (C=O) groups is 1. The molecule has 1 aliphatic carbocycles. The fourth-order valence-electron chi connectivity index (χ4n) is 2.69. The van der Waals surface area contributed by atoms with Gasteiger partial charge in [-0.05, 0) is 24.0 Å². The first-order chi connectivity index (χ1) is 10.2. The fourth-order valence-corrected chi connectivity index (χ4v) is 2.69. The second-order valence-electron chi connectivity index (χ2n) is 5.75. The lowest BCUT2D eigenvalue weighted by molar-refractivity contribution is -0.122. The summed E-state index contributed by atoms with van der Waals surface area (Å²) >= 11 is 0. The highest BCUT2D eigenvalue weighted by atomic mass is 16.2. The van der Waals surface area contributed by atoms with E-state index in [0.717, 1.165) is 18.4 Å². The Morgan fingerprint density at radius 2 is 1.62 bits per heavy atom. The molecule has 3 nitrogen and oxygen atoms in total. The van der Waals surface area contributed by atoms with Crippen molar-refractivity contribution in [1.29, 1.82) is 0 Å². The Kier molecular flexibility index (Phi) is 3.76. The minimum absolute atomic E-state index is 0.108. The molecule has 0 spiro atoms. The Balaban J connectivity index is 1.62. The van der Waals surface area contributed by atoms with Crippen molar-refractivity contribution in [3.05, 3.63) is 71.8 Å². The number of nitrogens with two attached hydrogens (primary N) is 1. The quantitative estimate of drug-likeness (QED) is 0.884. The fraction of sp³-hybridized carbons (Fsp3) is 0.278. The van der Waals surface area contributed by atoms with Crippen molar-refractivity contribution in [2.75, 3.05) is 6.54 Å². The molecular weight excluding hydrogens is 260 g/mol. The Bertz CT molecular complexity index is 606. The van der Waals surface area contributed by atoms with E-state index in [-0.39, 0.29) is 11.3 Å². The van der Waals surface area contributed by atoms with Crippen molar-refractivity contribution < 1.29 is 4.79 Å². The maximum atomic E-state index is 12.2. The van der Waals surface area contributed by atoms with Crippen LogP contribution in [-0.2, 0) is 10.2 Å². The SMILES string of the molecule is NC(C(=O)NCC1(c2ccccc2)CC1)c1ccccc1. The average molecular weight is 280 g/mol. The third-order valence-corrected chi connectivity index (χ3v) is 4.28. The molecule has 1 amide bonds. The van der Waals surface area contributed by atoms with E-state index < -0.39 is 6.04 Å². The topological polar surface area (TPSA) is 55.1 Å². The van der Waals surface area contributed by atoms with E-state index in [1.54, 1.807) is 0 Å². The molecule has 1 fully saturated rings. The summed E-state index contributed by atoms with van der Waals surface area (Å²) in [4.78, 5) is 12.2. The lowest BCUT2D eigenvalue weighted by Crippen LogP contribution is -2.38. The third-order valence-electron chi connectivity index (χ3n) is 4.28. The molecule has 3 rings (SSSR count). The summed E-state index contributed by atoms with van der Waals surface area (Å²) in [5.41, 5.74) is 8.28. The second kappa shape index (κ2) is 5.70. The monoisotopic (exact) mass is 280 g/mol. The van der Waals surface area contributed by atoms with Crippen LogP contribution in [0.2, 0.25) is 0 Å². The number of nitrogens with one attached hydrogen (secondary N) is 1.